The van der Waals surface area contributed by atoms with Crippen molar-refractivity contribution in [3.8, 4) is 0 Å². The van der Waals surface area contributed by atoms with Gasteiger partial charge in [-0.15, -0.1) is 0 Å². The number of carbonyl (C=O) groups is 2. The predicted octanol–water partition coefficient (Wildman–Crippen LogP) is 4.23. The van der Waals surface area contributed by atoms with Crippen LogP contribution in [-0.2, 0) is 0 Å². The van der Waals surface area contributed by atoms with Gasteiger partial charge in [0.2, 0.25) is 0 Å². The van der Waals surface area contributed by atoms with Crippen molar-refractivity contribution in [1.82, 2.24) is 9.38 Å². The lowest BCUT2D eigenvalue weighted by Crippen LogP contribution is -2.19. The molecule has 28 heavy (non-hydrogen) atoms. The molecule has 0 bridgehead atoms. The highest BCUT2D eigenvalue weighted by atomic mass is 16.2. The zero-order valence-electron chi connectivity index (χ0n) is 14.8. The number of fused-ring (bicyclic) bond motifs is 1. The van der Waals surface area contributed by atoms with Gasteiger partial charge in [0, 0.05) is 35.5 Å². The quantitative estimate of drug-likeness (QED) is 0.502. The van der Waals surface area contributed by atoms with Gasteiger partial charge in [0.05, 0.1) is 5.69 Å². The predicted molar refractivity (Wildman–Crippen MR) is 109 cm³/mol. The lowest BCUT2D eigenvalue weighted by atomic mass is 10.2. The fourth-order valence-electron chi connectivity index (χ4n) is 2.72. The number of hydrogen-bond acceptors (Lipinski definition) is 3. The van der Waals surface area contributed by atoms with Crippen LogP contribution in [0.3, 0.4) is 0 Å². The molecule has 7 nitrogen and oxygen atoms in total. The maximum absolute atomic E-state index is 12.3. The van der Waals surface area contributed by atoms with Crippen LogP contribution >= 0.6 is 0 Å². The Balaban J connectivity index is 1.37. The van der Waals surface area contributed by atoms with Crippen LogP contribution in [0.2, 0.25) is 0 Å². The van der Waals surface area contributed by atoms with Gasteiger partial charge < -0.3 is 20.4 Å². The first-order chi connectivity index (χ1) is 13.7. The number of hydrogen-bond donors (Lipinski definition) is 3. The standard InChI is InChI=1S/C21H17N5O2/c27-20(23-16-4-2-1-3-5-16)15-6-8-17(9-7-15)24-21(28)25-18-10-11-19-22-12-13-26(19)14-18/h1-14H,(H,23,27)(H2,24,25,28). The second kappa shape index (κ2) is 7.63. The molecule has 0 spiro atoms. The number of imidazole rings is 1. The molecular formula is C21H17N5O2. The third-order valence-electron chi connectivity index (χ3n) is 4.08. The second-order valence-electron chi connectivity index (χ2n) is 6.09. The number of aromatic nitrogens is 2. The highest BCUT2D eigenvalue weighted by Crippen LogP contribution is 2.14. The minimum Gasteiger partial charge on any atom is -0.322 e. The van der Waals surface area contributed by atoms with E-state index >= 15 is 0 Å². The molecule has 4 aromatic rings. The molecule has 4 rings (SSSR count). The minimum absolute atomic E-state index is 0.212. The number of anilines is 3. The van der Waals surface area contributed by atoms with Crippen molar-refractivity contribution in [2.75, 3.05) is 16.0 Å². The zero-order chi connectivity index (χ0) is 19.3. The van der Waals surface area contributed by atoms with Crippen LogP contribution in [0.5, 0.6) is 0 Å². The van der Waals surface area contributed by atoms with Crippen LogP contribution in [0.1, 0.15) is 10.4 Å². The van der Waals surface area contributed by atoms with Crippen molar-refractivity contribution >= 4 is 34.6 Å². The van der Waals surface area contributed by atoms with Crippen molar-refractivity contribution in [3.05, 3.63) is 90.9 Å². The van der Waals surface area contributed by atoms with E-state index in [0.717, 1.165) is 11.3 Å². The largest absolute Gasteiger partial charge is 0.323 e. The highest BCUT2D eigenvalue weighted by molar-refractivity contribution is 6.05. The normalized spacial score (nSPS) is 10.4. The number of nitrogens with zero attached hydrogens (tertiary/aromatic N) is 2. The fraction of sp³-hybridized carbons (Fsp3) is 0. The van der Waals surface area contributed by atoms with Gasteiger partial charge in [0.25, 0.3) is 5.91 Å². The van der Waals surface area contributed by atoms with E-state index in [2.05, 4.69) is 20.9 Å². The van der Waals surface area contributed by atoms with Gasteiger partial charge >= 0.3 is 6.03 Å². The Morgan fingerprint density at radius 3 is 2.21 bits per heavy atom. The topological polar surface area (TPSA) is 87.5 Å². The van der Waals surface area contributed by atoms with Crippen molar-refractivity contribution in [1.29, 1.82) is 0 Å². The van der Waals surface area contributed by atoms with E-state index in [1.54, 1.807) is 48.9 Å². The Labute approximate surface area is 161 Å². The van der Waals surface area contributed by atoms with Gasteiger partial charge in [-0.3, -0.25) is 4.79 Å². The van der Waals surface area contributed by atoms with Crippen LogP contribution in [0.25, 0.3) is 5.65 Å². The summed E-state index contributed by atoms with van der Waals surface area (Å²) in [5.41, 5.74) is 3.25. The van der Waals surface area contributed by atoms with E-state index < -0.39 is 0 Å². The summed E-state index contributed by atoms with van der Waals surface area (Å²) in [7, 11) is 0. The number of benzene rings is 2. The Kier molecular flexibility index (Phi) is 4.71. The number of pyridine rings is 1. The minimum atomic E-state index is -0.374. The maximum Gasteiger partial charge on any atom is 0.323 e. The van der Waals surface area contributed by atoms with Crippen LogP contribution in [0.15, 0.2) is 85.3 Å². The summed E-state index contributed by atoms with van der Waals surface area (Å²) in [4.78, 5) is 28.6. The molecule has 2 aromatic carbocycles. The Morgan fingerprint density at radius 1 is 0.750 bits per heavy atom. The van der Waals surface area contributed by atoms with Crippen LogP contribution in [-0.4, -0.2) is 21.3 Å². The Morgan fingerprint density at radius 2 is 1.43 bits per heavy atom. The van der Waals surface area contributed by atoms with E-state index in [0.29, 0.717) is 16.9 Å². The Hall–Kier alpha value is -4.13. The fourth-order valence-corrected chi connectivity index (χ4v) is 2.72. The van der Waals surface area contributed by atoms with E-state index in [1.165, 1.54) is 0 Å². The molecule has 0 fully saturated rings. The molecule has 0 saturated carbocycles. The first-order valence-corrected chi connectivity index (χ1v) is 8.64. The van der Waals surface area contributed by atoms with Crippen molar-refractivity contribution in [3.63, 3.8) is 0 Å². The van der Waals surface area contributed by atoms with Crippen molar-refractivity contribution < 1.29 is 9.59 Å². The summed E-state index contributed by atoms with van der Waals surface area (Å²) in [5.74, 6) is -0.212. The lowest BCUT2D eigenvalue weighted by molar-refractivity contribution is 0.102. The van der Waals surface area contributed by atoms with E-state index in [9.17, 15) is 9.59 Å². The first kappa shape index (κ1) is 17.3. The molecule has 0 unspecified atom stereocenters. The highest BCUT2D eigenvalue weighted by Gasteiger charge is 2.08. The van der Waals surface area contributed by atoms with Gasteiger partial charge in [0.15, 0.2) is 0 Å². The summed E-state index contributed by atoms with van der Waals surface area (Å²) in [6.07, 6.45) is 5.27. The monoisotopic (exact) mass is 371 g/mol. The number of amides is 3. The zero-order valence-corrected chi connectivity index (χ0v) is 14.8. The van der Waals surface area contributed by atoms with E-state index in [4.69, 9.17) is 0 Å². The Bertz CT molecular complexity index is 1120. The average molecular weight is 371 g/mol. The third-order valence-corrected chi connectivity index (χ3v) is 4.08. The number of carbonyl (C=O) groups excluding carboxylic acids is 2. The number of rotatable bonds is 4. The SMILES string of the molecule is O=C(Nc1ccc(C(=O)Nc2ccccc2)cc1)Nc1ccc2nccn2c1. The molecular weight excluding hydrogens is 354 g/mol. The number of urea groups is 1. The number of para-hydroxylation sites is 1. The summed E-state index contributed by atoms with van der Waals surface area (Å²) < 4.78 is 1.82. The first-order valence-electron chi connectivity index (χ1n) is 8.64. The smallest absolute Gasteiger partial charge is 0.322 e. The molecule has 0 aliphatic heterocycles. The number of nitrogens with one attached hydrogen (secondary N) is 3. The molecule has 3 N–H and O–H groups in total. The van der Waals surface area contributed by atoms with Gasteiger partial charge in [-0.2, -0.15) is 0 Å². The molecule has 0 aliphatic rings. The third kappa shape index (κ3) is 3.99. The van der Waals surface area contributed by atoms with Crippen molar-refractivity contribution in [2.45, 2.75) is 0 Å². The molecule has 138 valence electrons. The molecule has 2 heterocycles. The second-order valence-corrected chi connectivity index (χ2v) is 6.09. The summed E-state index contributed by atoms with van der Waals surface area (Å²) in [5, 5.41) is 8.32. The maximum atomic E-state index is 12.3. The average Bonchev–Trinajstić information content (AvgIpc) is 3.17. The van der Waals surface area contributed by atoms with E-state index in [1.807, 2.05) is 40.8 Å². The van der Waals surface area contributed by atoms with Gasteiger partial charge in [-0.1, -0.05) is 18.2 Å². The van der Waals surface area contributed by atoms with Crippen molar-refractivity contribution in [2.24, 2.45) is 0 Å². The molecule has 0 radical (unpaired) electrons. The summed E-state index contributed by atoms with van der Waals surface area (Å²) in [6.45, 7) is 0. The molecule has 0 atom stereocenters. The summed E-state index contributed by atoms with van der Waals surface area (Å²) in [6, 6.07) is 19.1. The molecule has 0 aliphatic carbocycles. The molecule has 0 saturated heterocycles. The summed E-state index contributed by atoms with van der Waals surface area (Å²) >= 11 is 0. The lowest BCUT2D eigenvalue weighted by Gasteiger charge is -2.09. The van der Waals surface area contributed by atoms with E-state index in [-0.39, 0.29) is 11.9 Å². The van der Waals surface area contributed by atoms with Crippen LogP contribution in [0, 0.1) is 0 Å². The van der Waals surface area contributed by atoms with Crippen LogP contribution in [0.4, 0.5) is 21.9 Å². The van der Waals surface area contributed by atoms with Gasteiger partial charge in [0.1, 0.15) is 5.65 Å². The molecule has 2 aromatic heterocycles. The van der Waals surface area contributed by atoms with Gasteiger partial charge in [-0.25, -0.2) is 9.78 Å². The van der Waals surface area contributed by atoms with Gasteiger partial charge in [-0.05, 0) is 48.5 Å². The molecule has 3 amide bonds. The van der Waals surface area contributed by atoms with Crippen LogP contribution < -0.4 is 16.0 Å². The molecule has 7 heteroatoms.